The van der Waals surface area contributed by atoms with Gasteiger partial charge in [-0.25, -0.2) is 4.79 Å². The number of morpholine rings is 1. The number of urea groups is 1. The lowest BCUT2D eigenvalue weighted by molar-refractivity contribution is -0.117. The summed E-state index contributed by atoms with van der Waals surface area (Å²) in [6, 6.07) is 7.72. The number of amides is 3. The molecule has 3 N–H and O–H groups in total. The van der Waals surface area contributed by atoms with Gasteiger partial charge in [0, 0.05) is 37.3 Å². The Bertz CT molecular complexity index is 697. The third-order valence-electron chi connectivity index (χ3n) is 5.78. The standard InChI is InChI=1S/C23H36N4O3/c1-16(2)14-21(27-10-12-30-13-11-27)15-24-23(29)25-17(3)18-6-8-20(9-7-18)26-22(28)19-4-5-19/h6-9,16-17,19,21H,4-5,10-15H2,1-3H3,(H,26,28)(H2,24,25,29). The Kier molecular flexibility index (Phi) is 8.10. The second-order valence-corrected chi connectivity index (χ2v) is 8.89. The highest BCUT2D eigenvalue weighted by molar-refractivity contribution is 5.94. The number of anilines is 1. The van der Waals surface area contributed by atoms with E-state index in [1.165, 1.54) is 0 Å². The van der Waals surface area contributed by atoms with Gasteiger partial charge < -0.3 is 20.7 Å². The minimum absolute atomic E-state index is 0.101. The quantitative estimate of drug-likeness (QED) is 0.578. The third-order valence-corrected chi connectivity index (χ3v) is 5.78. The molecule has 2 aliphatic rings. The fourth-order valence-corrected chi connectivity index (χ4v) is 3.83. The molecule has 1 aliphatic carbocycles. The molecule has 2 unspecified atom stereocenters. The summed E-state index contributed by atoms with van der Waals surface area (Å²) in [4.78, 5) is 26.8. The third kappa shape index (κ3) is 6.99. The van der Waals surface area contributed by atoms with Crippen LogP contribution in [0.3, 0.4) is 0 Å². The molecule has 1 aromatic rings. The second kappa shape index (κ2) is 10.8. The van der Waals surface area contributed by atoms with Crippen molar-refractivity contribution in [1.29, 1.82) is 0 Å². The summed E-state index contributed by atoms with van der Waals surface area (Å²) < 4.78 is 5.46. The average molecular weight is 417 g/mol. The van der Waals surface area contributed by atoms with Crippen LogP contribution in [0.5, 0.6) is 0 Å². The molecule has 1 saturated heterocycles. The van der Waals surface area contributed by atoms with Crippen LogP contribution in [-0.2, 0) is 9.53 Å². The second-order valence-electron chi connectivity index (χ2n) is 8.89. The Morgan fingerprint density at radius 1 is 1.10 bits per heavy atom. The summed E-state index contributed by atoms with van der Waals surface area (Å²) in [7, 11) is 0. The lowest BCUT2D eigenvalue weighted by Crippen LogP contribution is -2.50. The van der Waals surface area contributed by atoms with Crippen LogP contribution in [0.25, 0.3) is 0 Å². The maximum absolute atomic E-state index is 12.5. The van der Waals surface area contributed by atoms with Crippen LogP contribution in [0, 0.1) is 11.8 Å². The molecule has 3 amide bonds. The van der Waals surface area contributed by atoms with Gasteiger partial charge in [0.05, 0.1) is 19.3 Å². The molecule has 166 valence electrons. The first kappa shape index (κ1) is 22.6. The van der Waals surface area contributed by atoms with Gasteiger partial charge in [-0.3, -0.25) is 9.69 Å². The van der Waals surface area contributed by atoms with E-state index in [4.69, 9.17) is 4.74 Å². The number of nitrogens with one attached hydrogen (secondary N) is 3. The van der Waals surface area contributed by atoms with Gasteiger partial charge in [0.25, 0.3) is 0 Å². The highest BCUT2D eigenvalue weighted by Gasteiger charge is 2.29. The minimum Gasteiger partial charge on any atom is -0.379 e. The van der Waals surface area contributed by atoms with E-state index in [2.05, 4.69) is 34.7 Å². The van der Waals surface area contributed by atoms with E-state index < -0.39 is 0 Å². The van der Waals surface area contributed by atoms with Crippen LogP contribution in [-0.4, -0.2) is 55.7 Å². The van der Waals surface area contributed by atoms with Crippen molar-refractivity contribution < 1.29 is 14.3 Å². The number of carbonyl (C=O) groups is 2. The number of carbonyl (C=O) groups excluding carboxylic acids is 2. The molecule has 2 atom stereocenters. The van der Waals surface area contributed by atoms with Crippen LogP contribution in [0.4, 0.5) is 10.5 Å². The zero-order valence-electron chi connectivity index (χ0n) is 18.4. The van der Waals surface area contributed by atoms with Crippen molar-refractivity contribution in [3.63, 3.8) is 0 Å². The molecular weight excluding hydrogens is 380 g/mol. The zero-order valence-corrected chi connectivity index (χ0v) is 18.4. The van der Waals surface area contributed by atoms with Gasteiger partial charge in [0.1, 0.15) is 0 Å². The molecular formula is C23H36N4O3. The Labute approximate surface area is 179 Å². The number of hydrogen-bond donors (Lipinski definition) is 3. The topological polar surface area (TPSA) is 82.7 Å². The monoisotopic (exact) mass is 416 g/mol. The van der Waals surface area contributed by atoms with E-state index in [0.29, 0.717) is 18.5 Å². The smallest absolute Gasteiger partial charge is 0.315 e. The molecule has 2 fully saturated rings. The van der Waals surface area contributed by atoms with Gasteiger partial charge >= 0.3 is 6.03 Å². The zero-order chi connectivity index (χ0) is 21.5. The molecule has 3 rings (SSSR count). The van der Waals surface area contributed by atoms with E-state index in [9.17, 15) is 9.59 Å². The van der Waals surface area contributed by atoms with E-state index in [0.717, 1.165) is 56.8 Å². The predicted molar refractivity (Wildman–Crippen MR) is 118 cm³/mol. The molecule has 1 aromatic carbocycles. The number of hydrogen-bond acceptors (Lipinski definition) is 4. The first-order valence-electron chi connectivity index (χ1n) is 11.2. The van der Waals surface area contributed by atoms with Crippen molar-refractivity contribution in [3.05, 3.63) is 29.8 Å². The Morgan fingerprint density at radius 2 is 1.77 bits per heavy atom. The molecule has 0 radical (unpaired) electrons. The molecule has 0 spiro atoms. The number of rotatable bonds is 9. The fourth-order valence-electron chi connectivity index (χ4n) is 3.83. The summed E-state index contributed by atoms with van der Waals surface area (Å²) in [5.41, 5.74) is 1.80. The van der Waals surface area contributed by atoms with Crippen molar-refractivity contribution in [2.75, 3.05) is 38.2 Å². The molecule has 7 nitrogen and oxygen atoms in total. The first-order valence-corrected chi connectivity index (χ1v) is 11.2. The lowest BCUT2D eigenvalue weighted by Gasteiger charge is -2.35. The Balaban J connectivity index is 1.46. The van der Waals surface area contributed by atoms with Crippen LogP contribution in [0.15, 0.2) is 24.3 Å². The SMILES string of the molecule is CC(C)CC(CNC(=O)NC(C)c1ccc(NC(=O)C2CC2)cc1)N1CCOCC1. The van der Waals surface area contributed by atoms with Gasteiger partial charge in [-0.1, -0.05) is 26.0 Å². The molecule has 0 aromatic heterocycles. The van der Waals surface area contributed by atoms with Gasteiger partial charge in [0.15, 0.2) is 0 Å². The summed E-state index contributed by atoms with van der Waals surface area (Å²) in [6.07, 6.45) is 3.02. The number of ether oxygens (including phenoxy) is 1. The van der Waals surface area contributed by atoms with E-state index in [1.807, 2.05) is 31.2 Å². The molecule has 1 aliphatic heterocycles. The van der Waals surface area contributed by atoms with E-state index in [1.54, 1.807) is 0 Å². The van der Waals surface area contributed by atoms with Crippen molar-refractivity contribution >= 4 is 17.6 Å². The molecule has 1 saturated carbocycles. The van der Waals surface area contributed by atoms with Crippen molar-refractivity contribution in [3.8, 4) is 0 Å². The maximum atomic E-state index is 12.5. The van der Waals surface area contributed by atoms with Crippen molar-refractivity contribution in [2.45, 2.75) is 52.1 Å². The summed E-state index contributed by atoms with van der Waals surface area (Å²) in [5.74, 6) is 0.857. The summed E-state index contributed by atoms with van der Waals surface area (Å²) in [5, 5.41) is 9.01. The fraction of sp³-hybridized carbons (Fsp3) is 0.652. The van der Waals surface area contributed by atoms with Crippen LogP contribution in [0.2, 0.25) is 0 Å². The van der Waals surface area contributed by atoms with Crippen molar-refractivity contribution in [1.82, 2.24) is 15.5 Å². The molecule has 0 bridgehead atoms. The normalized spacial score (nSPS) is 19.2. The Hall–Kier alpha value is -2.12. The largest absolute Gasteiger partial charge is 0.379 e. The number of benzene rings is 1. The van der Waals surface area contributed by atoms with Crippen LogP contribution >= 0.6 is 0 Å². The lowest BCUT2D eigenvalue weighted by atomic mass is 10.0. The molecule has 7 heteroatoms. The average Bonchev–Trinajstić information content (AvgIpc) is 3.57. The Morgan fingerprint density at radius 3 is 2.37 bits per heavy atom. The van der Waals surface area contributed by atoms with Gasteiger partial charge in [-0.05, 0) is 49.8 Å². The number of nitrogens with zero attached hydrogens (tertiary/aromatic N) is 1. The van der Waals surface area contributed by atoms with Gasteiger partial charge in [-0.2, -0.15) is 0 Å². The van der Waals surface area contributed by atoms with E-state index in [-0.39, 0.29) is 23.9 Å². The van der Waals surface area contributed by atoms with Crippen molar-refractivity contribution in [2.24, 2.45) is 11.8 Å². The van der Waals surface area contributed by atoms with Crippen LogP contribution < -0.4 is 16.0 Å². The van der Waals surface area contributed by atoms with Gasteiger partial charge in [0.2, 0.25) is 5.91 Å². The minimum atomic E-state index is -0.157. The van der Waals surface area contributed by atoms with Gasteiger partial charge in [-0.15, -0.1) is 0 Å². The highest BCUT2D eigenvalue weighted by atomic mass is 16.5. The summed E-state index contributed by atoms with van der Waals surface area (Å²) in [6.45, 7) is 10.4. The highest BCUT2D eigenvalue weighted by Crippen LogP contribution is 2.30. The first-order chi connectivity index (χ1) is 14.4. The maximum Gasteiger partial charge on any atom is 0.315 e. The molecule has 1 heterocycles. The van der Waals surface area contributed by atoms with Crippen LogP contribution in [0.1, 0.15) is 51.6 Å². The molecule has 30 heavy (non-hydrogen) atoms. The van der Waals surface area contributed by atoms with E-state index >= 15 is 0 Å². The summed E-state index contributed by atoms with van der Waals surface area (Å²) >= 11 is 0. The predicted octanol–water partition coefficient (Wildman–Crippen LogP) is 3.14.